The van der Waals surface area contributed by atoms with E-state index in [2.05, 4.69) is 4.98 Å². The molecule has 1 aliphatic heterocycles. The van der Waals surface area contributed by atoms with Crippen molar-refractivity contribution in [3.05, 3.63) is 51.7 Å². The minimum absolute atomic E-state index is 0.227. The molecule has 1 fully saturated rings. The van der Waals surface area contributed by atoms with E-state index in [1.165, 1.54) is 23.5 Å². The van der Waals surface area contributed by atoms with E-state index in [1.54, 1.807) is 16.3 Å². The predicted molar refractivity (Wildman–Crippen MR) is 87.6 cm³/mol. The van der Waals surface area contributed by atoms with Crippen molar-refractivity contribution in [3.8, 4) is 0 Å². The van der Waals surface area contributed by atoms with Crippen LogP contribution in [0.2, 0.25) is 0 Å². The van der Waals surface area contributed by atoms with E-state index < -0.39 is 11.9 Å². The second-order valence-corrected chi connectivity index (χ2v) is 6.80. The first-order chi connectivity index (χ1) is 11.5. The van der Waals surface area contributed by atoms with Gasteiger partial charge in [-0.25, -0.2) is 9.37 Å². The normalized spacial score (nSPS) is 17.7. The van der Waals surface area contributed by atoms with Crippen LogP contribution < -0.4 is 0 Å². The third-order valence-electron chi connectivity index (χ3n) is 4.07. The maximum Gasteiger partial charge on any atom is 0.308 e. The molecule has 1 saturated heterocycles. The molecule has 0 aliphatic carbocycles. The molecule has 0 saturated carbocycles. The van der Waals surface area contributed by atoms with Crippen molar-refractivity contribution in [1.29, 1.82) is 0 Å². The van der Waals surface area contributed by atoms with Gasteiger partial charge in [0.1, 0.15) is 11.5 Å². The summed E-state index contributed by atoms with van der Waals surface area (Å²) in [5, 5.41) is 11.5. The van der Waals surface area contributed by atoms with Crippen molar-refractivity contribution in [3.63, 3.8) is 0 Å². The molecule has 0 radical (unpaired) electrons. The van der Waals surface area contributed by atoms with Gasteiger partial charge in [-0.05, 0) is 30.5 Å². The molecule has 1 amide bonds. The van der Waals surface area contributed by atoms with E-state index in [9.17, 15) is 14.0 Å². The minimum atomic E-state index is -0.863. The summed E-state index contributed by atoms with van der Waals surface area (Å²) >= 11 is 1.35. The fourth-order valence-electron chi connectivity index (χ4n) is 2.84. The van der Waals surface area contributed by atoms with Crippen molar-refractivity contribution in [2.24, 2.45) is 5.92 Å². The van der Waals surface area contributed by atoms with Crippen LogP contribution >= 0.6 is 11.3 Å². The van der Waals surface area contributed by atoms with E-state index >= 15 is 0 Å². The van der Waals surface area contributed by atoms with Crippen LogP contribution in [0.25, 0.3) is 0 Å². The number of hydrogen-bond donors (Lipinski definition) is 1. The number of carbonyl (C=O) groups is 2. The third kappa shape index (κ3) is 3.79. The SMILES string of the molecule is O=C(O)C1CCCN(C(=O)c2csc(Cc3cccc(F)c3)n2)C1. The minimum Gasteiger partial charge on any atom is -0.481 e. The molecule has 1 aromatic carbocycles. The third-order valence-corrected chi connectivity index (χ3v) is 4.92. The second-order valence-electron chi connectivity index (χ2n) is 5.86. The van der Waals surface area contributed by atoms with Crippen molar-refractivity contribution in [2.45, 2.75) is 19.3 Å². The number of nitrogens with zero attached hydrogens (tertiary/aromatic N) is 2. The van der Waals surface area contributed by atoms with Crippen LogP contribution in [0.3, 0.4) is 0 Å². The standard InChI is InChI=1S/C17H17FN2O3S/c18-13-5-1-3-11(7-13)8-15-19-14(10-24-15)16(21)20-6-2-4-12(9-20)17(22)23/h1,3,5,7,10,12H,2,4,6,8-9H2,(H,22,23). The van der Waals surface area contributed by atoms with Gasteiger partial charge in [0.25, 0.3) is 5.91 Å². The highest BCUT2D eigenvalue weighted by Gasteiger charge is 2.29. The predicted octanol–water partition coefficient (Wildman–Crippen LogP) is 2.81. The van der Waals surface area contributed by atoms with Crippen LogP contribution in [0, 0.1) is 11.7 Å². The summed E-state index contributed by atoms with van der Waals surface area (Å²) in [6, 6.07) is 6.29. The van der Waals surface area contributed by atoms with E-state index in [0.717, 1.165) is 10.6 Å². The van der Waals surface area contributed by atoms with Gasteiger partial charge in [-0.2, -0.15) is 0 Å². The number of piperidine rings is 1. The summed E-state index contributed by atoms with van der Waals surface area (Å²) in [6.45, 7) is 0.782. The summed E-state index contributed by atoms with van der Waals surface area (Å²) in [4.78, 5) is 29.5. The molecule has 126 valence electrons. The molecule has 1 aliphatic rings. The van der Waals surface area contributed by atoms with Crippen LogP contribution in [0.1, 0.15) is 33.9 Å². The average molecular weight is 348 g/mol. The molecule has 7 heteroatoms. The Bertz CT molecular complexity index is 762. The number of likely N-dealkylation sites (tertiary alicyclic amines) is 1. The summed E-state index contributed by atoms with van der Waals surface area (Å²) in [5.74, 6) is -1.90. The second kappa shape index (κ2) is 7.09. The van der Waals surface area contributed by atoms with Gasteiger partial charge >= 0.3 is 5.97 Å². The van der Waals surface area contributed by atoms with Gasteiger partial charge in [0.15, 0.2) is 0 Å². The summed E-state index contributed by atoms with van der Waals surface area (Å²) in [5.41, 5.74) is 1.13. The van der Waals surface area contributed by atoms with Crippen LogP contribution in [0.4, 0.5) is 4.39 Å². The molecule has 3 rings (SSSR count). The van der Waals surface area contributed by atoms with Crippen LogP contribution in [-0.2, 0) is 11.2 Å². The van der Waals surface area contributed by atoms with Gasteiger partial charge in [0.05, 0.1) is 10.9 Å². The Hall–Kier alpha value is -2.28. The first-order valence-corrected chi connectivity index (χ1v) is 8.62. The summed E-state index contributed by atoms with van der Waals surface area (Å²) in [6.07, 6.45) is 1.75. The fourth-order valence-corrected chi connectivity index (χ4v) is 3.64. The molecule has 1 aromatic heterocycles. The Morgan fingerprint density at radius 3 is 3.00 bits per heavy atom. The van der Waals surface area contributed by atoms with Crippen molar-refractivity contribution >= 4 is 23.2 Å². The molecular weight excluding hydrogens is 331 g/mol. The van der Waals surface area contributed by atoms with Crippen molar-refractivity contribution in [1.82, 2.24) is 9.88 Å². The molecule has 1 atom stereocenters. The van der Waals surface area contributed by atoms with Crippen LogP contribution in [0.15, 0.2) is 29.6 Å². The number of aromatic nitrogens is 1. The zero-order chi connectivity index (χ0) is 17.1. The fraction of sp³-hybridized carbons (Fsp3) is 0.353. The number of rotatable bonds is 4. The topological polar surface area (TPSA) is 70.5 Å². The first-order valence-electron chi connectivity index (χ1n) is 7.74. The van der Waals surface area contributed by atoms with Crippen LogP contribution in [-0.4, -0.2) is 40.0 Å². The average Bonchev–Trinajstić information content (AvgIpc) is 3.02. The molecule has 2 aromatic rings. The highest BCUT2D eigenvalue weighted by atomic mass is 32.1. The van der Waals surface area contributed by atoms with E-state index in [0.29, 0.717) is 31.5 Å². The van der Waals surface area contributed by atoms with Gasteiger partial charge in [-0.15, -0.1) is 11.3 Å². The molecule has 2 heterocycles. The van der Waals surface area contributed by atoms with Gasteiger partial charge in [-0.1, -0.05) is 12.1 Å². The van der Waals surface area contributed by atoms with Crippen LogP contribution in [0.5, 0.6) is 0 Å². The van der Waals surface area contributed by atoms with Gasteiger partial charge in [0, 0.05) is 24.9 Å². The largest absolute Gasteiger partial charge is 0.481 e. The molecular formula is C17H17FN2O3S. The highest BCUT2D eigenvalue weighted by Crippen LogP contribution is 2.21. The lowest BCUT2D eigenvalue weighted by Crippen LogP contribution is -2.42. The number of aliphatic carboxylic acids is 1. The zero-order valence-electron chi connectivity index (χ0n) is 12.9. The molecule has 1 N–H and O–H groups in total. The lowest BCUT2D eigenvalue weighted by atomic mass is 9.98. The smallest absolute Gasteiger partial charge is 0.308 e. The maximum atomic E-state index is 13.2. The lowest BCUT2D eigenvalue weighted by Gasteiger charge is -2.30. The van der Waals surface area contributed by atoms with E-state index in [-0.39, 0.29) is 18.3 Å². The van der Waals surface area contributed by atoms with E-state index in [1.807, 2.05) is 6.07 Å². The number of benzene rings is 1. The number of hydrogen-bond acceptors (Lipinski definition) is 4. The summed E-state index contributed by atoms with van der Waals surface area (Å²) < 4.78 is 13.2. The Balaban J connectivity index is 1.68. The van der Waals surface area contributed by atoms with Crippen molar-refractivity contribution < 1.29 is 19.1 Å². The number of halogens is 1. The monoisotopic (exact) mass is 348 g/mol. The number of carboxylic acids is 1. The molecule has 0 bridgehead atoms. The first kappa shape index (κ1) is 16.6. The Morgan fingerprint density at radius 2 is 2.25 bits per heavy atom. The van der Waals surface area contributed by atoms with Gasteiger partial charge in [-0.3, -0.25) is 9.59 Å². The van der Waals surface area contributed by atoms with Gasteiger partial charge in [0.2, 0.25) is 0 Å². The molecule has 24 heavy (non-hydrogen) atoms. The number of carbonyl (C=O) groups excluding carboxylic acids is 1. The zero-order valence-corrected chi connectivity index (χ0v) is 13.8. The van der Waals surface area contributed by atoms with E-state index in [4.69, 9.17) is 5.11 Å². The summed E-state index contributed by atoms with van der Waals surface area (Å²) in [7, 11) is 0. The molecule has 0 spiro atoms. The molecule has 5 nitrogen and oxygen atoms in total. The van der Waals surface area contributed by atoms with Gasteiger partial charge < -0.3 is 10.0 Å². The highest BCUT2D eigenvalue weighted by molar-refractivity contribution is 7.09. The number of amides is 1. The maximum absolute atomic E-state index is 13.2. The Labute approximate surface area is 142 Å². The number of thiazole rings is 1. The lowest BCUT2D eigenvalue weighted by molar-refractivity contribution is -0.143. The van der Waals surface area contributed by atoms with Crippen molar-refractivity contribution in [2.75, 3.05) is 13.1 Å². The quantitative estimate of drug-likeness (QED) is 0.922. The number of carboxylic acid groups (broad SMARTS) is 1. The Kier molecular flexibility index (Phi) is 4.89. The Morgan fingerprint density at radius 1 is 1.42 bits per heavy atom. The molecule has 1 unspecified atom stereocenters.